The van der Waals surface area contributed by atoms with Gasteiger partial charge < -0.3 is 20.4 Å². The fourth-order valence-electron chi connectivity index (χ4n) is 4.43. The van der Waals surface area contributed by atoms with Crippen molar-refractivity contribution in [2.75, 3.05) is 45.6 Å². The molecule has 2 aliphatic rings. The number of nitrogens with zero attached hydrogens (tertiary/aromatic N) is 4. The van der Waals surface area contributed by atoms with Crippen LogP contribution >= 0.6 is 22.9 Å². The highest BCUT2D eigenvalue weighted by Crippen LogP contribution is 2.37. The maximum atomic E-state index is 12.7. The van der Waals surface area contributed by atoms with E-state index < -0.39 is 0 Å². The minimum absolute atomic E-state index is 0.0107. The lowest BCUT2D eigenvalue weighted by atomic mass is 10.1. The van der Waals surface area contributed by atoms with E-state index in [-0.39, 0.29) is 5.91 Å². The number of fused-ring (bicyclic) bond motifs is 1. The Balaban J connectivity index is 1.25. The molecule has 1 saturated heterocycles. The van der Waals surface area contributed by atoms with E-state index in [4.69, 9.17) is 16.6 Å². The summed E-state index contributed by atoms with van der Waals surface area (Å²) in [5.74, 6) is 0.569. The van der Waals surface area contributed by atoms with Crippen molar-refractivity contribution >= 4 is 44.9 Å². The van der Waals surface area contributed by atoms with Crippen molar-refractivity contribution in [2.45, 2.75) is 37.8 Å². The zero-order valence-corrected chi connectivity index (χ0v) is 21.3. The minimum atomic E-state index is -0.0107. The molecule has 3 heterocycles. The van der Waals surface area contributed by atoms with Gasteiger partial charge in [-0.3, -0.25) is 4.79 Å². The highest BCUT2D eigenvalue weighted by Gasteiger charge is 2.25. The second-order valence-corrected chi connectivity index (χ2v) is 10.9. The first-order valence-corrected chi connectivity index (χ1v) is 13.2. The molecule has 1 amide bonds. The number of likely N-dealkylation sites (tertiary alicyclic amines) is 1. The molecular weight excluding hydrogens is 468 g/mol. The zero-order chi connectivity index (χ0) is 23.7. The van der Waals surface area contributed by atoms with Gasteiger partial charge in [-0.25, -0.2) is 9.97 Å². The molecule has 1 aliphatic carbocycles. The van der Waals surface area contributed by atoms with E-state index in [1.165, 1.54) is 6.42 Å². The van der Waals surface area contributed by atoms with Gasteiger partial charge in [0, 0.05) is 40.8 Å². The molecule has 2 aromatic heterocycles. The van der Waals surface area contributed by atoms with E-state index in [9.17, 15) is 4.79 Å². The summed E-state index contributed by atoms with van der Waals surface area (Å²) in [4.78, 5) is 27.6. The number of likely N-dealkylation sites (N-methyl/N-ethyl adjacent to an activating group) is 1. The number of nitrogens with one attached hydrogen (secondary N) is 2. The third kappa shape index (κ3) is 5.35. The van der Waals surface area contributed by atoms with Crippen LogP contribution < -0.4 is 10.6 Å². The molecule has 7 nitrogen and oxygen atoms in total. The summed E-state index contributed by atoms with van der Waals surface area (Å²) in [6, 6.07) is 8.85. The van der Waals surface area contributed by atoms with E-state index in [0.29, 0.717) is 34.3 Å². The Bertz CT molecular complexity index is 1180. The van der Waals surface area contributed by atoms with Crippen LogP contribution in [0.15, 0.2) is 30.5 Å². The maximum Gasteiger partial charge on any atom is 0.252 e. The van der Waals surface area contributed by atoms with Crippen LogP contribution in [0.5, 0.6) is 0 Å². The Labute approximate surface area is 209 Å². The van der Waals surface area contributed by atoms with Gasteiger partial charge in [-0.2, -0.15) is 0 Å². The zero-order valence-electron chi connectivity index (χ0n) is 19.7. The topological polar surface area (TPSA) is 73.4 Å². The lowest BCUT2D eigenvalue weighted by Crippen LogP contribution is -2.32. The highest BCUT2D eigenvalue weighted by atomic mass is 35.5. The van der Waals surface area contributed by atoms with Crippen LogP contribution in [-0.2, 0) is 0 Å². The van der Waals surface area contributed by atoms with Gasteiger partial charge in [-0.15, -0.1) is 11.3 Å². The number of thiophene rings is 1. The van der Waals surface area contributed by atoms with Gasteiger partial charge in [0.25, 0.3) is 5.91 Å². The number of benzene rings is 1. The average molecular weight is 499 g/mol. The molecular formula is C25H31ClN6OS. The number of carbonyl (C=O) groups excluding carboxylic acids is 1. The molecule has 1 atom stereocenters. The van der Waals surface area contributed by atoms with Crippen molar-refractivity contribution in [1.82, 2.24) is 25.1 Å². The molecule has 1 aromatic carbocycles. The summed E-state index contributed by atoms with van der Waals surface area (Å²) < 4.78 is 1.05. The smallest absolute Gasteiger partial charge is 0.252 e. The number of carbonyl (C=O) groups is 1. The lowest BCUT2D eigenvalue weighted by Gasteiger charge is -2.20. The van der Waals surface area contributed by atoms with E-state index in [1.54, 1.807) is 17.5 Å². The van der Waals surface area contributed by atoms with Crippen molar-refractivity contribution in [3.05, 3.63) is 41.0 Å². The number of amides is 1. The first-order valence-electron chi connectivity index (χ1n) is 12.0. The van der Waals surface area contributed by atoms with Crippen molar-refractivity contribution < 1.29 is 4.79 Å². The molecule has 1 aliphatic heterocycles. The number of aromatic nitrogens is 2. The second-order valence-electron chi connectivity index (χ2n) is 9.45. The standard InChI is InChI=1S/C25H31ClN6OS/c1-31(2)17-9-12-32(15-17)11-4-10-27-25-28-14-20(26)23(30-25)22-13-19-18(5-3-6-21(19)34-22)24(33)29-16-7-8-16/h3,5-6,13-14,16-17H,4,7-12,15H2,1-2H3,(H,29,33)(H,27,28,30)/t17-/m1/s1. The molecule has 9 heteroatoms. The second kappa shape index (κ2) is 10.2. The SMILES string of the molecule is CN(C)[C@@H]1CCN(CCCNc2ncc(Cl)c(-c3cc4c(C(=O)NC5CC5)cccc4s3)n2)C1. The molecule has 0 unspecified atom stereocenters. The molecule has 0 bridgehead atoms. The molecule has 3 aromatic rings. The van der Waals surface area contributed by atoms with Gasteiger partial charge in [0.1, 0.15) is 5.69 Å². The van der Waals surface area contributed by atoms with Crippen molar-refractivity contribution in [3.8, 4) is 10.6 Å². The molecule has 34 heavy (non-hydrogen) atoms. The summed E-state index contributed by atoms with van der Waals surface area (Å²) >= 11 is 8.08. The van der Waals surface area contributed by atoms with Crippen molar-refractivity contribution in [1.29, 1.82) is 0 Å². The van der Waals surface area contributed by atoms with Crippen LogP contribution in [0.2, 0.25) is 5.02 Å². The summed E-state index contributed by atoms with van der Waals surface area (Å²) in [7, 11) is 4.32. The Morgan fingerprint density at radius 3 is 2.91 bits per heavy atom. The predicted octanol–water partition coefficient (Wildman–Crippen LogP) is 4.34. The average Bonchev–Trinajstić information content (AvgIpc) is 3.32. The molecule has 1 saturated carbocycles. The maximum absolute atomic E-state index is 12.7. The number of hydrogen-bond acceptors (Lipinski definition) is 7. The summed E-state index contributed by atoms with van der Waals surface area (Å²) in [5.41, 5.74) is 1.40. The lowest BCUT2D eigenvalue weighted by molar-refractivity contribution is 0.0953. The Kier molecular flexibility index (Phi) is 7.01. The Hall–Kier alpha value is -2.26. The van der Waals surface area contributed by atoms with Crippen molar-refractivity contribution in [2.24, 2.45) is 0 Å². The van der Waals surface area contributed by atoms with Gasteiger partial charge in [0.2, 0.25) is 5.95 Å². The van der Waals surface area contributed by atoms with Gasteiger partial charge in [-0.1, -0.05) is 17.7 Å². The van der Waals surface area contributed by atoms with Gasteiger partial charge in [0.15, 0.2) is 0 Å². The van der Waals surface area contributed by atoms with Gasteiger partial charge in [-0.05, 0) is 71.1 Å². The fraction of sp³-hybridized carbons (Fsp3) is 0.480. The van der Waals surface area contributed by atoms with Crippen molar-refractivity contribution in [3.63, 3.8) is 0 Å². The summed E-state index contributed by atoms with van der Waals surface area (Å²) in [5, 5.41) is 7.88. The number of halogens is 1. The fourth-order valence-corrected chi connectivity index (χ4v) is 5.77. The van der Waals surface area contributed by atoms with E-state index in [2.05, 4.69) is 39.5 Å². The van der Waals surface area contributed by atoms with Crippen LogP contribution in [0.25, 0.3) is 20.7 Å². The number of anilines is 1. The van der Waals surface area contributed by atoms with Gasteiger partial charge >= 0.3 is 0 Å². The van der Waals surface area contributed by atoms with E-state index >= 15 is 0 Å². The summed E-state index contributed by atoms with van der Waals surface area (Å²) in [6.07, 6.45) is 6.06. The first kappa shape index (κ1) is 23.5. The molecule has 0 spiro atoms. The van der Waals surface area contributed by atoms with Crippen LogP contribution in [0, 0.1) is 0 Å². The summed E-state index contributed by atoms with van der Waals surface area (Å²) in [6.45, 7) is 4.18. The third-order valence-corrected chi connectivity index (χ3v) is 7.99. The first-order chi connectivity index (χ1) is 16.5. The molecule has 180 valence electrons. The molecule has 2 N–H and O–H groups in total. The van der Waals surface area contributed by atoms with Crippen LogP contribution in [0.1, 0.15) is 36.0 Å². The van der Waals surface area contributed by atoms with E-state index in [1.807, 2.05) is 24.3 Å². The van der Waals surface area contributed by atoms with Crippen LogP contribution in [-0.4, -0.2) is 78.0 Å². The van der Waals surface area contributed by atoms with Crippen LogP contribution in [0.4, 0.5) is 5.95 Å². The third-order valence-electron chi connectivity index (χ3n) is 6.61. The normalized spacial score (nSPS) is 18.6. The van der Waals surface area contributed by atoms with Crippen LogP contribution in [0.3, 0.4) is 0 Å². The minimum Gasteiger partial charge on any atom is -0.354 e. The molecule has 2 fully saturated rings. The largest absolute Gasteiger partial charge is 0.354 e. The molecule has 5 rings (SSSR count). The highest BCUT2D eigenvalue weighted by molar-refractivity contribution is 7.22. The number of hydrogen-bond donors (Lipinski definition) is 2. The predicted molar refractivity (Wildman–Crippen MR) is 140 cm³/mol. The number of rotatable bonds is 9. The Morgan fingerprint density at radius 1 is 1.29 bits per heavy atom. The molecule has 0 radical (unpaired) electrons. The van der Waals surface area contributed by atoms with Gasteiger partial charge in [0.05, 0.1) is 16.1 Å². The monoisotopic (exact) mass is 498 g/mol. The quantitative estimate of drug-likeness (QED) is 0.427. The van der Waals surface area contributed by atoms with E-state index in [0.717, 1.165) is 60.4 Å². The Morgan fingerprint density at radius 2 is 2.15 bits per heavy atom.